The van der Waals surface area contributed by atoms with Crippen molar-refractivity contribution in [2.24, 2.45) is 5.10 Å². The molecule has 0 unspecified atom stereocenters. The Kier molecular flexibility index (Phi) is 6.98. The zero-order valence-electron chi connectivity index (χ0n) is 17.7. The number of aromatic nitrogens is 2. The van der Waals surface area contributed by atoms with E-state index in [1.54, 1.807) is 45.4 Å². The zero-order chi connectivity index (χ0) is 22.4. The van der Waals surface area contributed by atoms with Crippen LogP contribution in [0, 0.1) is 0 Å². The first kappa shape index (κ1) is 22.4. The minimum absolute atomic E-state index is 0.0830. The summed E-state index contributed by atoms with van der Waals surface area (Å²) in [5, 5.41) is 4.16. The molecule has 1 N–H and O–H groups in total. The Labute approximate surface area is 182 Å². The lowest BCUT2D eigenvalue weighted by Gasteiger charge is -2.18. The van der Waals surface area contributed by atoms with Crippen molar-refractivity contribution in [1.29, 1.82) is 0 Å². The summed E-state index contributed by atoms with van der Waals surface area (Å²) in [6, 6.07) is 13.6. The summed E-state index contributed by atoms with van der Waals surface area (Å²) >= 11 is 0. The highest BCUT2D eigenvalue weighted by Crippen LogP contribution is 2.17. The molecule has 0 saturated carbocycles. The van der Waals surface area contributed by atoms with E-state index in [0.29, 0.717) is 18.8 Å². The van der Waals surface area contributed by atoms with E-state index >= 15 is 0 Å². The smallest absolute Gasteiger partial charge is 0.271 e. The molecule has 0 radical (unpaired) electrons. The van der Waals surface area contributed by atoms with Crippen LogP contribution in [0.5, 0.6) is 0 Å². The first-order chi connectivity index (χ1) is 14.9. The average Bonchev–Trinajstić information content (AvgIpc) is 3.33. The number of benzene rings is 2. The number of hydrazone groups is 1. The summed E-state index contributed by atoms with van der Waals surface area (Å²) in [5.41, 5.74) is 5.16. The molecule has 0 aliphatic rings. The van der Waals surface area contributed by atoms with Crippen molar-refractivity contribution in [3.8, 4) is 5.69 Å². The molecule has 2 aromatic carbocycles. The number of hydrogen-bond donors (Lipinski definition) is 1. The van der Waals surface area contributed by atoms with Gasteiger partial charge in [0, 0.05) is 36.7 Å². The second-order valence-electron chi connectivity index (χ2n) is 6.77. The normalized spacial score (nSPS) is 12.2. The molecule has 8 nitrogen and oxygen atoms in total. The van der Waals surface area contributed by atoms with E-state index in [4.69, 9.17) is 0 Å². The molecule has 1 heterocycles. The van der Waals surface area contributed by atoms with E-state index < -0.39 is 15.9 Å². The topological polar surface area (TPSA) is 96.7 Å². The molecule has 31 heavy (non-hydrogen) atoms. The molecular formula is C22H25N5O3S. The maximum absolute atomic E-state index is 12.7. The van der Waals surface area contributed by atoms with E-state index in [2.05, 4.69) is 15.5 Å². The van der Waals surface area contributed by atoms with Crippen molar-refractivity contribution in [3.63, 3.8) is 0 Å². The molecule has 1 amide bonds. The summed E-state index contributed by atoms with van der Waals surface area (Å²) in [6.07, 6.45) is 5.27. The lowest BCUT2D eigenvalue weighted by Crippen LogP contribution is -2.30. The number of nitrogens with zero attached hydrogens (tertiary/aromatic N) is 4. The van der Waals surface area contributed by atoms with Crippen molar-refractivity contribution in [2.45, 2.75) is 25.7 Å². The lowest BCUT2D eigenvalue weighted by atomic mass is 10.1. The van der Waals surface area contributed by atoms with Crippen LogP contribution in [-0.4, -0.2) is 47.0 Å². The molecule has 9 heteroatoms. The highest BCUT2D eigenvalue weighted by Gasteiger charge is 2.22. The number of carbonyl (C=O) groups is 1. The third-order valence-corrected chi connectivity index (χ3v) is 6.90. The van der Waals surface area contributed by atoms with Crippen molar-refractivity contribution >= 4 is 21.6 Å². The van der Waals surface area contributed by atoms with Crippen LogP contribution in [0.1, 0.15) is 36.7 Å². The van der Waals surface area contributed by atoms with E-state index in [1.165, 1.54) is 16.4 Å². The van der Waals surface area contributed by atoms with Crippen LogP contribution in [0.4, 0.5) is 0 Å². The Balaban J connectivity index is 1.73. The summed E-state index contributed by atoms with van der Waals surface area (Å²) < 4.78 is 28.6. The fraction of sp³-hybridized carbons (Fsp3) is 0.227. The van der Waals surface area contributed by atoms with Gasteiger partial charge in [-0.25, -0.2) is 18.8 Å². The number of hydrogen-bond acceptors (Lipinski definition) is 5. The molecule has 0 aliphatic heterocycles. The van der Waals surface area contributed by atoms with Crippen LogP contribution in [0.3, 0.4) is 0 Å². The van der Waals surface area contributed by atoms with Gasteiger partial charge in [-0.05, 0) is 42.8 Å². The Hall–Kier alpha value is -3.30. The van der Waals surface area contributed by atoms with Gasteiger partial charge in [0.15, 0.2) is 0 Å². The van der Waals surface area contributed by atoms with Crippen molar-refractivity contribution < 1.29 is 13.2 Å². The Morgan fingerprint density at radius 3 is 2.42 bits per heavy atom. The Morgan fingerprint density at radius 1 is 1.10 bits per heavy atom. The average molecular weight is 440 g/mol. The van der Waals surface area contributed by atoms with Gasteiger partial charge in [-0.2, -0.15) is 9.41 Å². The number of amides is 1. The molecule has 0 spiro atoms. The fourth-order valence-electron chi connectivity index (χ4n) is 3.06. The number of carbonyl (C=O) groups excluding carboxylic acids is 1. The van der Waals surface area contributed by atoms with E-state index in [-0.39, 0.29) is 10.5 Å². The van der Waals surface area contributed by atoms with Gasteiger partial charge in [-0.3, -0.25) is 4.79 Å². The standard InChI is InChI=1S/C22H25N5O3S/c1-4-27(5-2)31(29,30)21-8-6-7-19(15-21)22(28)25-24-17(3)18-9-11-20(12-10-18)26-14-13-23-16-26/h6-16H,4-5H2,1-3H3,(H,25,28)/b24-17-. The van der Waals surface area contributed by atoms with Gasteiger partial charge in [-0.15, -0.1) is 0 Å². The molecule has 1 aromatic heterocycles. The monoisotopic (exact) mass is 439 g/mol. The lowest BCUT2D eigenvalue weighted by molar-refractivity contribution is 0.0954. The maximum Gasteiger partial charge on any atom is 0.271 e. The van der Waals surface area contributed by atoms with Gasteiger partial charge in [-0.1, -0.05) is 32.0 Å². The Morgan fingerprint density at radius 2 is 1.81 bits per heavy atom. The van der Waals surface area contributed by atoms with Crippen molar-refractivity contribution in [2.75, 3.05) is 13.1 Å². The molecular weight excluding hydrogens is 414 g/mol. The zero-order valence-corrected chi connectivity index (χ0v) is 18.5. The van der Waals surface area contributed by atoms with Gasteiger partial charge < -0.3 is 4.57 Å². The van der Waals surface area contributed by atoms with Gasteiger partial charge in [0.1, 0.15) is 0 Å². The van der Waals surface area contributed by atoms with Gasteiger partial charge in [0.2, 0.25) is 10.0 Å². The van der Waals surface area contributed by atoms with Gasteiger partial charge in [0.25, 0.3) is 5.91 Å². The molecule has 3 aromatic rings. The number of sulfonamides is 1. The summed E-state index contributed by atoms with van der Waals surface area (Å²) in [6.45, 7) is 6.05. The van der Waals surface area contributed by atoms with E-state index in [0.717, 1.165) is 11.3 Å². The second-order valence-corrected chi connectivity index (χ2v) is 8.71. The van der Waals surface area contributed by atoms with Crippen LogP contribution in [-0.2, 0) is 10.0 Å². The van der Waals surface area contributed by atoms with Crippen molar-refractivity contribution in [3.05, 3.63) is 78.4 Å². The molecule has 0 fully saturated rings. The molecule has 0 atom stereocenters. The maximum atomic E-state index is 12.7. The molecule has 0 saturated heterocycles. The third-order valence-electron chi connectivity index (χ3n) is 4.85. The van der Waals surface area contributed by atoms with Gasteiger partial charge in [0.05, 0.1) is 16.9 Å². The molecule has 3 rings (SSSR count). The molecule has 0 bridgehead atoms. The summed E-state index contributed by atoms with van der Waals surface area (Å²) in [5.74, 6) is -0.481. The van der Waals surface area contributed by atoms with Crippen LogP contribution in [0.25, 0.3) is 5.69 Å². The molecule has 0 aliphatic carbocycles. The predicted octanol–water partition coefficient (Wildman–Crippen LogP) is 3.06. The minimum atomic E-state index is -3.64. The van der Waals surface area contributed by atoms with Crippen LogP contribution < -0.4 is 5.43 Å². The largest absolute Gasteiger partial charge is 0.306 e. The number of imidazole rings is 1. The predicted molar refractivity (Wildman–Crippen MR) is 120 cm³/mol. The number of nitrogens with one attached hydrogen (secondary N) is 1. The first-order valence-electron chi connectivity index (χ1n) is 9.90. The number of rotatable bonds is 8. The van der Waals surface area contributed by atoms with E-state index in [1.807, 2.05) is 35.0 Å². The van der Waals surface area contributed by atoms with Crippen LogP contribution in [0.15, 0.2) is 77.2 Å². The van der Waals surface area contributed by atoms with Crippen LogP contribution >= 0.6 is 0 Å². The second kappa shape index (κ2) is 9.67. The first-order valence-corrected chi connectivity index (χ1v) is 11.3. The van der Waals surface area contributed by atoms with Gasteiger partial charge >= 0.3 is 0 Å². The highest BCUT2D eigenvalue weighted by molar-refractivity contribution is 7.89. The highest BCUT2D eigenvalue weighted by atomic mass is 32.2. The SMILES string of the molecule is CCN(CC)S(=O)(=O)c1cccc(C(=O)N/N=C(/C)c2ccc(-n3ccnc3)cc2)c1. The fourth-order valence-corrected chi connectivity index (χ4v) is 4.57. The third kappa shape index (κ3) is 5.07. The van der Waals surface area contributed by atoms with Crippen LogP contribution in [0.2, 0.25) is 0 Å². The minimum Gasteiger partial charge on any atom is -0.306 e. The van der Waals surface area contributed by atoms with Crippen molar-refractivity contribution in [1.82, 2.24) is 19.3 Å². The van der Waals surface area contributed by atoms with E-state index in [9.17, 15) is 13.2 Å². The summed E-state index contributed by atoms with van der Waals surface area (Å²) in [7, 11) is -3.64. The quantitative estimate of drug-likeness (QED) is 0.431. The Bertz CT molecular complexity index is 1170. The summed E-state index contributed by atoms with van der Waals surface area (Å²) in [4.78, 5) is 16.6. The molecule has 162 valence electrons.